The molecular formula is C21H27N7O2. The van der Waals surface area contributed by atoms with E-state index in [9.17, 15) is 4.79 Å². The van der Waals surface area contributed by atoms with Gasteiger partial charge in [0, 0.05) is 49.5 Å². The summed E-state index contributed by atoms with van der Waals surface area (Å²) >= 11 is 0. The van der Waals surface area contributed by atoms with Crippen molar-refractivity contribution in [3.8, 4) is 11.1 Å². The van der Waals surface area contributed by atoms with Crippen LogP contribution in [0.5, 0.6) is 0 Å². The fourth-order valence-electron chi connectivity index (χ4n) is 3.21. The Morgan fingerprint density at radius 3 is 2.60 bits per heavy atom. The highest BCUT2D eigenvalue weighted by Crippen LogP contribution is 2.24. The van der Waals surface area contributed by atoms with E-state index in [0.29, 0.717) is 5.95 Å². The van der Waals surface area contributed by atoms with Gasteiger partial charge in [-0.25, -0.2) is 19.8 Å². The second kappa shape index (κ2) is 8.00. The number of aromatic nitrogens is 4. The lowest BCUT2D eigenvalue weighted by Gasteiger charge is -2.32. The molecule has 3 heterocycles. The van der Waals surface area contributed by atoms with Gasteiger partial charge in [-0.2, -0.15) is 9.78 Å². The van der Waals surface area contributed by atoms with Crippen molar-refractivity contribution in [3.05, 3.63) is 36.8 Å². The van der Waals surface area contributed by atoms with Gasteiger partial charge in [0.1, 0.15) is 5.60 Å². The molecule has 1 N–H and O–H groups in total. The average molecular weight is 409 g/mol. The number of hydrazine groups is 1. The maximum Gasteiger partial charge on any atom is 0.435 e. The van der Waals surface area contributed by atoms with Gasteiger partial charge in [0.15, 0.2) is 0 Å². The number of carbonyl (C=O) groups is 1. The van der Waals surface area contributed by atoms with Gasteiger partial charge in [-0.15, -0.1) is 0 Å². The smallest absolute Gasteiger partial charge is 0.435 e. The molecule has 0 aliphatic carbocycles. The molecule has 0 spiro atoms. The van der Waals surface area contributed by atoms with Gasteiger partial charge in [0.05, 0.1) is 11.7 Å². The van der Waals surface area contributed by atoms with Gasteiger partial charge < -0.3 is 9.64 Å². The number of ether oxygens (including phenoxy) is 1. The van der Waals surface area contributed by atoms with Crippen LogP contribution in [0.25, 0.3) is 22.0 Å². The molecule has 0 amide bonds. The van der Waals surface area contributed by atoms with Crippen molar-refractivity contribution in [2.24, 2.45) is 0 Å². The Labute approximate surface area is 175 Å². The van der Waals surface area contributed by atoms with Gasteiger partial charge >= 0.3 is 6.09 Å². The molecule has 1 aromatic carbocycles. The summed E-state index contributed by atoms with van der Waals surface area (Å²) in [5, 5.41) is 7.19. The molecule has 0 bridgehead atoms. The van der Waals surface area contributed by atoms with E-state index in [-0.39, 0.29) is 0 Å². The molecule has 1 aliphatic heterocycles. The standard InChI is InChI=1S/C21H27N7O2/c1-21(2,3)30-20(29)28-14-17(13-23-28)15-5-6-18-16(11-15)12-22-19(24-18)25-27-9-7-26(4)8-10-27/h5-6,11-14H,7-10H2,1-4H3,(H,22,24,25). The Kier molecular flexibility index (Phi) is 5.40. The third-order valence-corrected chi connectivity index (χ3v) is 4.84. The maximum absolute atomic E-state index is 12.2. The molecule has 1 saturated heterocycles. The SMILES string of the molecule is CN1CCN(Nc2ncc3cc(-c4cnn(C(=O)OC(C)(C)C)c4)ccc3n2)CC1. The highest BCUT2D eigenvalue weighted by molar-refractivity contribution is 5.84. The monoisotopic (exact) mass is 409 g/mol. The average Bonchev–Trinajstić information content (AvgIpc) is 3.19. The number of nitrogens with one attached hydrogen (secondary N) is 1. The number of hydrogen-bond donors (Lipinski definition) is 1. The number of rotatable bonds is 3. The van der Waals surface area contributed by atoms with Crippen LogP contribution < -0.4 is 5.43 Å². The van der Waals surface area contributed by atoms with E-state index in [0.717, 1.165) is 48.2 Å². The van der Waals surface area contributed by atoms with Crippen LogP contribution in [0, 0.1) is 0 Å². The van der Waals surface area contributed by atoms with Gasteiger partial charge in [0.25, 0.3) is 0 Å². The highest BCUT2D eigenvalue weighted by Gasteiger charge is 2.19. The van der Waals surface area contributed by atoms with Crippen LogP contribution in [-0.4, -0.2) is 74.6 Å². The molecular weight excluding hydrogens is 382 g/mol. The summed E-state index contributed by atoms with van der Waals surface area (Å²) in [7, 11) is 2.12. The van der Waals surface area contributed by atoms with E-state index in [1.165, 1.54) is 4.68 Å². The molecule has 0 atom stereocenters. The highest BCUT2D eigenvalue weighted by atomic mass is 16.6. The van der Waals surface area contributed by atoms with E-state index in [4.69, 9.17) is 4.74 Å². The lowest BCUT2D eigenvalue weighted by atomic mass is 10.1. The lowest BCUT2D eigenvalue weighted by Crippen LogP contribution is -2.47. The topological polar surface area (TPSA) is 88.4 Å². The zero-order valence-corrected chi connectivity index (χ0v) is 17.8. The van der Waals surface area contributed by atoms with Crippen LogP contribution in [0.15, 0.2) is 36.8 Å². The first-order valence-corrected chi connectivity index (χ1v) is 10.0. The van der Waals surface area contributed by atoms with Crippen LogP contribution in [0.3, 0.4) is 0 Å². The molecule has 1 fully saturated rings. The molecule has 2 aromatic heterocycles. The van der Waals surface area contributed by atoms with Gasteiger partial charge in [0.2, 0.25) is 5.95 Å². The minimum absolute atomic E-state index is 0.502. The van der Waals surface area contributed by atoms with Gasteiger partial charge in [-0.05, 0) is 45.5 Å². The molecule has 4 rings (SSSR count). The summed E-state index contributed by atoms with van der Waals surface area (Å²) < 4.78 is 6.57. The van der Waals surface area contributed by atoms with Crippen LogP contribution in [0.4, 0.5) is 10.7 Å². The van der Waals surface area contributed by atoms with Crippen molar-refractivity contribution in [2.75, 3.05) is 38.7 Å². The van der Waals surface area contributed by atoms with Crippen molar-refractivity contribution < 1.29 is 9.53 Å². The molecule has 0 saturated carbocycles. The second-order valence-electron chi connectivity index (χ2n) is 8.52. The first-order chi connectivity index (χ1) is 14.3. The molecule has 30 heavy (non-hydrogen) atoms. The number of anilines is 1. The molecule has 9 heteroatoms. The van der Waals surface area contributed by atoms with E-state index < -0.39 is 11.7 Å². The summed E-state index contributed by atoms with van der Waals surface area (Å²) in [6, 6.07) is 5.91. The van der Waals surface area contributed by atoms with Gasteiger partial charge in [-0.3, -0.25) is 5.43 Å². The first kappa shape index (κ1) is 20.2. The third-order valence-electron chi connectivity index (χ3n) is 4.84. The molecule has 0 unspecified atom stereocenters. The van der Waals surface area contributed by atoms with Crippen molar-refractivity contribution in [1.29, 1.82) is 0 Å². The number of piperazine rings is 1. The fraction of sp³-hybridized carbons (Fsp3) is 0.429. The summed E-state index contributed by atoms with van der Waals surface area (Å²) in [5.41, 5.74) is 5.33. The third kappa shape index (κ3) is 4.74. The maximum atomic E-state index is 12.2. The number of hydrogen-bond acceptors (Lipinski definition) is 8. The molecule has 158 valence electrons. The number of fused-ring (bicyclic) bond motifs is 1. The number of likely N-dealkylation sites (N-methyl/N-ethyl adjacent to an activating group) is 1. The molecule has 9 nitrogen and oxygen atoms in total. The predicted molar refractivity (Wildman–Crippen MR) is 115 cm³/mol. The summed E-state index contributed by atoms with van der Waals surface area (Å²) in [4.78, 5) is 23.6. The Morgan fingerprint density at radius 1 is 1.10 bits per heavy atom. The summed E-state index contributed by atoms with van der Waals surface area (Å²) in [5.74, 6) is 0.595. The zero-order valence-electron chi connectivity index (χ0n) is 17.8. The molecule has 1 aliphatic rings. The first-order valence-electron chi connectivity index (χ1n) is 10.0. The lowest BCUT2D eigenvalue weighted by molar-refractivity contribution is 0.0514. The van der Waals surface area contributed by atoms with Crippen molar-refractivity contribution >= 4 is 22.9 Å². The molecule has 3 aromatic rings. The normalized spacial score (nSPS) is 16.0. The van der Waals surface area contributed by atoms with Crippen molar-refractivity contribution in [1.82, 2.24) is 29.7 Å². The summed E-state index contributed by atoms with van der Waals surface area (Å²) in [6.45, 7) is 9.36. The summed E-state index contributed by atoms with van der Waals surface area (Å²) in [6.07, 6.45) is 4.62. The quantitative estimate of drug-likeness (QED) is 0.707. The number of benzene rings is 1. The minimum Gasteiger partial charge on any atom is -0.442 e. The van der Waals surface area contributed by atoms with Crippen LogP contribution in [-0.2, 0) is 4.74 Å². The largest absolute Gasteiger partial charge is 0.442 e. The van der Waals surface area contributed by atoms with Crippen LogP contribution in [0.1, 0.15) is 20.8 Å². The van der Waals surface area contributed by atoms with Crippen LogP contribution in [0.2, 0.25) is 0 Å². The van der Waals surface area contributed by atoms with Crippen molar-refractivity contribution in [2.45, 2.75) is 26.4 Å². The van der Waals surface area contributed by atoms with E-state index in [1.807, 2.05) is 45.2 Å². The molecule has 0 radical (unpaired) electrons. The zero-order chi connectivity index (χ0) is 21.3. The van der Waals surface area contributed by atoms with Crippen molar-refractivity contribution in [3.63, 3.8) is 0 Å². The number of nitrogens with zero attached hydrogens (tertiary/aromatic N) is 6. The Balaban J connectivity index is 1.49. The second-order valence-corrected chi connectivity index (χ2v) is 8.52. The Bertz CT molecular complexity index is 1050. The van der Waals surface area contributed by atoms with E-state index in [1.54, 1.807) is 12.4 Å². The fourth-order valence-corrected chi connectivity index (χ4v) is 3.21. The Hall–Kier alpha value is -3.04. The van der Waals surface area contributed by atoms with E-state index in [2.05, 4.69) is 37.4 Å². The van der Waals surface area contributed by atoms with Gasteiger partial charge in [-0.1, -0.05) is 6.07 Å². The number of carbonyl (C=O) groups excluding carboxylic acids is 1. The minimum atomic E-state index is -0.570. The predicted octanol–water partition coefficient (Wildman–Crippen LogP) is 2.85. The van der Waals surface area contributed by atoms with E-state index >= 15 is 0 Å². The van der Waals surface area contributed by atoms with Crippen LogP contribution >= 0.6 is 0 Å². The Morgan fingerprint density at radius 2 is 1.87 bits per heavy atom.